The van der Waals surface area contributed by atoms with Crippen molar-refractivity contribution < 1.29 is 0 Å². The van der Waals surface area contributed by atoms with Gasteiger partial charge in [-0.1, -0.05) is 6.07 Å². The van der Waals surface area contributed by atoms with Crippen molar-refractivity contribution in [1.29, 1.82) is 0 Å². The van der Waals surface area contributed by atoms with E-state index in [0.29, 0.717) is 12.4 Å². The molecule has 0 fully saturated rings. The molecule has 2 rings (SSSR count). The SMILES string of the molecule is Cc1cccc(CN(C)c2ncncc2CCl)n1. The molecule has 2 aromatic heterocycles. The van der Waals surface area contributed by atoms with Gasteiger partial charge in [0.15, 0.2) is 0 Å². The fourth-order valence-corrected chi connectivity index (χ4v) is 1.98. The zero-order valence-corrected chi connectivity index (χ0v) is 11.2. The van der Waals surface area contributed by atoms with Gasteiger partial charge in [-0.15, -0.1) is 11.6 Å². The van der Waals surface area contributed by atoms with Gasteiger partial charge in [0.05, 0.1) is 18.1 Å². The maximum atomic E-state index is 5.88. The van der Waals surface area contributed by atoms with E-state index < -0.39 is 0 Å². The number of hydrogen-bond acceptors (Lipinski definition) is 4. The van der Waals surface area contributed by atoms with Crippen LogP contribution in [0.15, 0.2) is 30.7 Å². The maximum absolute atomic E-state index is 5.88. The zero-order valence-electron chi connectivity index (χ0n) is 10.5. The second kappa shape index (κ2) is 5.78. The van der Waals surface area contributed by atoms with Crippen LogP contribution in [0.1, 0.15) is 17.0 Å². The highest BCUT2D eigenvalue weighted by molar-refractivity contribution is 6.17. The molecule has 0 aliphatic heterocycles. The average Bonchev–Trinajstić information content (AvgIpc) is 2.38. The van der Waals surface area contributed by atoms with Crippen molar-refractivity contribution in [3.63, 3.8) is 0 Å². The van der Waals surface area contributed by atoms with Crippen LogP contribution in [0.25, 0.3) is 0 Å². The number of nitrogens with zero attached hydrogens (tertiary/aromatic N) is 4. The van der Waals surface area contributed by atoms with E-state index >= 15 is 0 Å². The number of alkyl halides is 1. The summed E-state index contributed by atoms with van der Waals surface area (Å²) in [5.41, 5.74) is 2.95. The lowest BCUT2D eigenvalue weighted by Crippen LogP contribution is -2.20. The van der Waals surface area contributed by atoms with Crippen LogP contribution in [0.2, 0.25) is 0 Å². The van der Waals surface area contributed by atoms with Crippen LogP contribution in [0.3, 0.4) is 0 Å². The quantitative estimate of drug-likeness (QED) is 0.794. The average molecular weight is 263 g/mol. The van der Waals surface area contributed by atoms with Gasteiger partial charge in [-0.25, -0.2) is 9.97 Å². The number of rotatable bonds is 4. The summed E-state index contributed by atoms with van der Waals surface area (Å²) in [6.45, 7) is 2.68. The number of halogens is 1. The van der Waals surface area contributed by atoms with Gasteiger partial charge in [-0.3, -0.25) is 4.98 Å². The summed E-state index contributed by atoms with van der Waals surface area (Å²) in [5, 5.41) is 0. The first-order chi connectivity index (χ1) is 8.70. The van der Waals surface area contributed by atoms with Crippen molar-refractivity contribution >= 4 is 17.4 Å². The van der Waals surface area contributed by atoms with Gasteiger partial charge in [0.1, 0.15) is 12.1 Å². The van der Waals surface area contributed by atoms with E-state index in [0.717, 1.165) is 22.8 Å². The topological polar surface area (TPSA) is 41.9 Å². The van der Waals surface area contributed by atoms with Crippen LogP contribution < -0.4 is 4.90 Å². The largest absolute Gasteiger partial charge is 0.353 e. The van der Waals surface area contributed by atoms with E-state index in [1.54, 1.807) is 6.20 Å². The zero-order chi connectivity index (χ0) is 13.0. The number of pyridine rings is 1. The van der Waals surface area contributed by atoms with Crippen LogP contribution >= 0.6 is 11.6 Å². The lowest BCUT2D eigenvalue weighted by molar-refractivity contribution is 0.847. The van der Waals surface area contributed by atoms with Crippen LogP contribution in [0, 0.1) is 6.92 Å². The number of aryl methyl sites for hydroxylation is 1. The van der Waals surface area contributed by atoms with E-state index in [1.165, 1.54) is 6.33 Å². The minimum atomic E-state index is 0.405. The molecule has 5 heteroatoms. The Morgan fingerprint density at radius 1 is 1.33 bits per heavy atom. The number of hydrogen-bond donors (Lipinski definition) is 0. The van der Waals surface area contributed by atoms with Crippen LogP contribution in [0.4, 0.5) is 5.82 Å². The molecule has 0 radical (unpaired) electrons. The molecule has 0 saturated carbocycles. The van der Waals surface area contributed by atoms with Gasteiger partial charge < -0.3 is 4.90 Å². The third kappa shape index (κ3) is 2.96. The summed E-state index contributed by atoms with van der Waals surface area (Å²) in [7, 11) is 1.97. The predicted molar refractivity (Wildman–Crippen MR) is 72.7 cm³/mol. The molecular weight excluding hydrogens is 248 g/mol. The Balaban J connectivity index is 2.19. The van der Waals surface area contributed by atoms with Crippen molar-refractivity contribution in [2.45, 2.75) is 19.3 Å². The molecule has 2 heterocycles. The first-order valence-corrected chi connectivity index (χ1v) is 6.22. The number of aromatic nitrogens is 3. The van der Waals surface area contributed by atoms with Crippen molar-refractivity contribution in [3.05, 3.63) is 47.7 Å². The predicted octanol–water partition coefficient (Wildman–Crippen LogP) is 2.56. The van der Waals surface area contributed by atoms with Crippen molar-refractivity contribution in [1.82, 2.24) is 15.0 Å². The molecular formula is C13H15ClN4. The molecule has 94 valence electrons. The maximum Gasteiger partial charge on any atom is 0.136 e. The van der Waals surface area contributed by atoms with Gasteiger partial charge in [0.2, 0.25) is 0 Å². The summed E-state index contributed by atoms with van der Waals surface area (Å²) in [4.78, 5) is 14.8. The van der Waals surface area contributed by atoms with E-state index in [2.05, 4.69) is 15.0 Å². The lowest BCUT2D eigenvalue weighted by Gasteiger charge is -2.19. The Hall–Kier alpha value is -1.68. The summed E-state index contributed by atoms with van der Waals surface area (Å²) >= 11 is 5.88. The van der Waals surface area contributed by atoms with Gasteiger partial charge in [0.25, 0.3) is 0 Å². The molecule has 0 amide bonds. The van der Waals surface area contributed by atoms with Crippen LogP contribution in [-0.4, -0.2) is 22.0 Å². The highest BCUT2D eigenvalue weighted by Crippen LogP contribution is 2.18. The van der Waals surface area contributed by atoms with E-state index in [1.807, 2.05) is 37.1 Å². The molecule has 18 heavy (non-hydrogen) atoms. The van der Waals surface area contributed by atoms with Gasteiger partial charge in [0, 0.05) is 24.5 Å². The Labute approximate surface area is 112 Å². The molecule has 0 saturated heterocycles. The Bertz CT molecular complexity index is 530. The Morgan fingerprint density at radius 3 is 2.89 bits per heavy atom. The molecule has 0 bridgehead atoms. The van der Waals surface area contributed by atoms with Crippen molar-refractivity contribution in [3.8, 4) is 0 Å². The monoisotopic (exact) mass is 262 g/mol. The summed E-state index contributed by atoms with van der Waals surface area (Å²) in [5.74, 6) is 1.25. The van der Waals surface area contributed by atoms with Gasteiger partial charge >= 0.3 is 0 Å². The molecule has 2 aromatic rings. The van der Waals surface area contributed by atoms with Crippen LogP contribution in [-0.2, 0) is 12.4 Å². The number of anilines is 1. The highest BCUT2D eigenvalue weighted by Gasteiger charge is 2.09. The standard InChI is InChI=1S/C13H15ClN4/c1-10-4-3-5-12(17-10)8-18(2)13-11(6-14)7-15-9-16-13/h3-5,7,9H,6,8H2,1-2H3. The molecule has 0 aliphatic rings. The van der Waals surface area contributed by atoms with E-state index in [4.69, 9.17) is 11.6 Å². The normalized spacial score (nSPS) is 10.4. The van der Waals surface area contributed by atoms with Crippen molar-refractivity contribution in [2.24, 2.45) is 0 Å². The minimum absolute atomic E-state index is 0.405. The molecule has 0 atom stereocenters. The van der Waals surface area contributed by atoms with Crippen molar-refractivity contribution in [2.75, 3.05) is 11.9 Å². The summed E-state index contributed by atoms with van der Waals surface area (Å²) in [6, 6.07) is 6.00. The smallest absolute Gasteiger partial charge is 0.136 e. The second-order valence-corrected chi connectivity index (χ2v) is 4.40. The third-order valence-electron chi connectivity index (χ3n) is 2.61. The van der Waals surface area contributed by atoms with E-state index in [9.17, 15) is 0 Å². The molecule has 0 aromatic carbocycles. The van der Waals surface area contributed by atoms with Gasteiger partial charge in [-0.2, -0.15) is 0 Å². The fraction of sp³-hybridized carbons (Fsp3) is 0.308. The molecule has 0 unspecified atom stereocenters. The highest BCUT2D eigenvalue weighted by atomic mass is 35.5. The fourth-order valence-electron chi connectivity index (χ4n) is 1.80. The molecule has 4 nitrogen and oxygen atoms in total. The molecule has 0 spiro atoms. The van der Waals surface area contributed by atoms with Gasteiger partial charge in [-0.05, 0) is 19.1 Å². The Morgan fingerprint density at radius 2 is 2.17 bits per heavy atom. The minimum Gasteiger partial charge on any atom is -0.353 e. The van der Waals surface area contributed by atoms with E-state index in [-0.39, 0.29) is 0 Å². The molecule has 0 aliphatic carbocycles. The molecule has 0 N–H and O–H groups in total. The summed E-state index contributed by atoms with van der Waals surface area (Å²) in [6.07, 6.45) is 3.28. The second-order valence-electron chi connectivity index (χ2n) is 4.13. The summed E-state index contributed by atoms with van der Waals surface area (Å²) < 4.78 is 0. The first kappa shape index (κ1) is 12.8. The lowest BCUT2D eigenvalue weighted by atomic mass is 10.2. The van der Waals surface area contributed by atoms with Crippen LogP contribution in [0.5, 0.6) is 0 Å². The first-order valence-electron chi connectivity index (χ1n) is 5.69. The Kier molecular flexibility index (Phi) is 4.10. The third-order valence-corrected chi connectivity index (χ3v) is 2.90.